The minimum atomic E-state index is -3.60. The highest BCUT2D eigenvalue weighted by Gasteiger charge is 2.34. The lowest BCUT2D eigenvalue weighted by Gasteiger charge is -2.19. The van der Waals surface area contributed by atoms with E-state index >= 15 is 0 Å². The first kappa shape index (κ1) is 21.0. The first-order chi connectivity index (χ1) is 14.9. The van der Waals surface area contributed by atoms with Gasteiger partial charge in [-0.3, -0.25) is 9.89 Å². The van der Waals surface area contributed by atoms with Crippen molar-refractivity contribution < 1.29 is 22.3 Å². The molecule has 1 aliphatic rings. The molecule has 0 spiro atoms. The molecule has 162 valence electrons. The van der Waals surface area contributed by atoms with Crippen molar-refractivity contribution in [2.45, 2.75) is 11.7 Å². The molecule has 1 amide bonds. The molecule has 0 bridgehead atoms. The van der Waals surface area contributed by atoms with Crippen molar-refractivity contribution in [2.75, 3.05) is 26.0 Å². The highest BCUT2D eigenvalue weighted by molar-refractivity contribution is 7.91. The van der Waals surface area contributed by atoms with Crippen LogP contribution in [0.3, 0.4) is 0 Å². The fourth-order valence-corrected chi connectivity index (χ4v) is 5.57. The number of H-pyrrole nitrogens is 1. The number of rotatable bonds is 4. The van der Waals surface area contributed by atoms with E-state index < -0.39 is 20.9 Å². The van der Waals surface area contributed by atoms with E-state index in [0.717, 1.165) is 5.56 Å². The highest BCUT2D eigenvalue weighted by Crippen LogP contribution is 2.31. The molecule has 1 atom stereocenters. The van der Waals surface area contributed by atoms with Crippen LogP contribution in [0.5, 0.6) is 5.75 Å². The standard InChI is InChI=1S/C22H22FN3O4S/c1-30-16-6-4-5-15(13-16)19-14-20(25-24-19)22(27)26-10-9-21(31(28,29)12-11-26)17-7-2-3-8-18(17)23/h2-8,13-14,21H,9-12H2,1H3,(H,24,25). The lowest BCUT2D eigenvalue weighted by molar-refractivity contribution is 0.0760. The second kappa shape index (κ2) is 8.50. The number of ether oxygens (including phenoxy) is 1. The van der Waals surface area contributed by atoms with E-state index in [-0.39, 0.29) is 42.4 Å². The molecule has 2 heterocycles. The fourth-order valence-electron chi connectivity index (χ4n) is 3.76. The number of halogens is 1. The van der Waals surface area contributed by atoms with Crippen LogP contribution in [0.15, 0.2) is 54.6 Å². The number of benzene rings is 2. The maximum Gasteiger partial charge on any atom is 0.271 e. The minimum Gasteiger partial charge on any atom is -0.497 e. The Morgan fingerprint density at radius 1 is 1.16 bits per heavy atom. The molecule has 2 aromatic carbocycles. The predicted octanol–water partition coefficient (Wildman–Crippen LogP) is 3.23. The Kier molecular flexibility index (Phi) is 5.77. The average Bonchev–Trinajstić information content (AvgIpc) is 3.21. The number of sulfone groups is 1. The summed E-state index contributed by atoms with van der Waals surface area (Å²) in [6, 6.07) is 14.8. The van der Waals surface area contributed by atoms with Crippen molar-refractivity contribution in [3.8, 4) is 17.0 Å². The molecule has 0 saturated carbocycles. The topological polar surface area (TPSA) is 92.4 Å². The maximum atomic E-state index is 14.2. The zero-order valence-electron chi connectivity index (χ0n) is 16.9. The van der Waals surface area contributed by atoms with Crippen LogP contribution < -0.4 is 4.74 Å². The zero-order chi connectivity index (χ0) is 22.0. The number of carbonyl (C=O) groups excluding carboxylic acids is 1. The number of aromatic amines is 1. The smallest absolute Gasteiger partial charge is 0.271 e. The number of aromatic nitrogens is 2. The summed E-state index contributed by atoms with van der Waals surface area (Å²) in [6.45, 7) is 0.240. The van der Waals surface area contributed by atoms with Gasteiger partial charge in [0.05, 0.1) is 23.8 Å². The van der Waals surface area contributed by atoms with E-state index in [2.05, 4.69) is 10.2 Å². The van der Waals surface area contributed by atoms with Gasteiger partial charge in [0.1, 0.15) is 17.3 Å². The van der Waals surface area contributed by atoms with Gasteiger partial charge < -0.3 is 9.64 Å². The number of amides is 1. The van der Waals surface area contributed by atoms with Crippen molar-refractivity contribution in [3.63, 3.8) is 0 Å². The molecule has 1 unspecified atom stereocenters. The largest absolute Gasteiger partial charge is 0.497 e. The van der Waals surface area contributed by atoms with Crippen LogP contribution >= 0.6 is 0 Å². The number of methoxy groups -OCH3 is 1. The number of hydrogen-bond donors (Lipinski definition) is 1. The van der Waals surface area contributed by atoms with E-state index in [4.69, 9.17) is 4.74 Å². The maximum absolute atomic E-state index is 14.2. The fraction of sp³-hybridized carbons (Fsp3) is 0.273. The monoisotopic (exact) mass is 443 g/mol. The molecule has 4 rings (SSSR count). The Hall–Kier alpha value is -3.20. The van der Waals surface area contributed by atoms with Gasteiger partial charge in [0.2, 0.25) is 0 Å². The Morgan fingerprint density at radius 3 is 2.74 bits per heavy atom. The molecule has 1 aromatic heterocycles. The molecular formula is C22H22FN3O4S. The lowest BCUT2D eigenvalue weighted by Crippen LogP contribution is -2.33. The summed E-state index contributed by atoms with van der Waals surface area (Å²) in [5.41, 5.74) is 1.78. The third-order valence-electron chi connectivity index (χ3n) is 5.45. The molecule has 3 aromatic rings. The van der Waals surface area contributed by atoms with Crippen LogP contribution in [0.2, 0.25) is 0 Å². The van der Waals surface area contributed by atoms with Gasteiger partial charge in [0.25, 0.3) is 5.91 Å². The molecule has 1 N–H and O–H groups in total. The molecule has 7 nitrogen and oxygen atoms in total. The van der Waals surface area contributed by atoms with Crippen molar-refractivity contribution in [1.29, 1.82) is 0 Å². The van der Waals surface area contributed by atoms with Gasteiger partial charge in [-0.15, -0.1) is 0 Å². The zero-order valence-corrected chi connectivity index (χ0v) is 17.7. The second-order valence-corrected chi connectivity index (χ2v) is 9.66. The van der Waals surface area contributed by atoms with Gasteiger partial charge in [0, 0.05) is 24.2 Å². The average molecular weight is 444 g/mol. The molecule has 0 aliphatic carbocycles. The van der Waals surface area contributed by atoms with Crippen LogP contribution in [0, 0.1) is 5.82 Å². The van der Waals surface area contributed by atoms with Gasteiger partial charge in [0.15, 0.2) is 9.84 Å². The predicted molar refractivity (Wildman–Crippen MR) is 114 cm³/mol. The van der Waals surface area contributed by atoms with Crippen molar-refractivity contribution in [2.24, 2.45) is 0 Å². The van der Waals surface area contributed by atoms with E-state index in [9.17, 15) is 17.6 Å². The second-order valence-electron chi connectivity index (χ2n) is 7.36. The van der Waals surface area contributed by atoms with Gasteiger partial charge >= 0.3 is 0 Å². The summed E-state index contributed by atoms with van der Waals surface area (Å²) >= 11 is 0. The van der Waals surface area contributed by atoms with E-state index in [0.29, 0.717) is 11.4 Å². The minimum absolute atomic E-state index is 0.0413. The number of carbonyl (C=O) groups is 1. The number of hydrogen-bond acceptors (Lipinski definition) is 5. The van der Waals surface area contributed by atoms with Crippen molar-refractivity contribution in [3.05, 3.63) is 71.7 Å². The number of nitrogens with one attached hydrogen (secondary N) is 1. The van der Waals surface area contributed by atoms with Gasteiger partial charge in [-0.05, 0) is 30.7 Å². The summed E-state index contributed by atoms with van der Waals surface area (Å²) in [4.78, 5) is 14.5. The third kappa shape index (κ3) is 4.32. The van der Waals surface area contributed by atoms with E-state index in [1.54, 1.807) is 19.2 Å². The molecule has 0 radical (unpaired) electrons. The van der Waals surface area contributed by atoms with Gasteiger partial charge in [-0.25, -0.2) is 12.8 Å². The van der Waals surface area contributed by atoms with E-state index in [1.807, 2.05) is 24.3 Å². The van der Waals surface area contributed by atoms with Crippen molar-refractivity contribution >= 4 is 15.7 Å². The number of nitrogens with zero attached hydrogens (tertiary/aromatic N) is 2. The SMILES string of the molecule is COc1cccc(-c2cc(C(=O)N3CCC(c4ccccc4F)S(=O)(=O)CC3)[nH]n2)c1. The summed E-state index contributed by atoms with van der Waals surface area (Å²) in [5, 5.41) is 5.98. The Morgan fingerprint density at radius 2 is 1.97 bits per heavy atom. The summed E-state index contributed by atoms with van der Waals surface area (Å²) in [7, 11) is -2.03. The summed E-state index contributed by atoms with van der Waals surface area (Å²) in [6.07, 6.45) is 0.131. The van der Waals surface area contributed by atoms with Crippen LogP contribution in [0.4, 0.5) is 4.39 Å². The first-order valence-electron chi connectivity index (χ1n) is 9.84. The van der Waals surface area contributed by atoms with Crippen LogP contribution in [-0.2, 0) is 9.84 Å². The molecule has 1 aliphatic heterocycles. The van der Waals surface area contributed by atoms with Crippen LogP contribution in [0.25, 0.3) is 11.3 Å². The molecule has 31 heavy (non-hydrogen) atoms. The summed E-state index contributed by atoms with van der Waals surface area (Å²) < 4.78 is 45.0. The Bertz CT molecular complexity index is 1210. The third-order valence-corrected chi connectivity index (χ3v) is 7.56. The van der Waals surface area contributed by atoms with Crippen molar-refractivity contribution in [1.82, 2.24) is 15.1 Å². The molecular weight excluding hydrogens is 421 g/mol. The quantitative estimate of drug-likeness (QED) is 0.668. The summed E-state index contributed by atoms with van der Waals surface area (Å²) in [5.74, 6) is -0.446. The van der Waals surface area contributed by atoms with Crippen LogP contribution in [-0.4, -0.2) is 55.4 Å². The lowest BCUT2D eigenvalue weighted by atomic mass is 10.1. The normalized spacial score (nSPS) is 18.4. The Labute approximate surface area is 179 Å². The highest BCUT2D eigenvalue weighted by atomic mass is 32.2. The molecule has 1 fully saturated rings. The molecule has 1 saturated heterocycles. The first-order valence-corrected chi connectivity index (χ1v) is 11.6. The molecule has 9 heteroatoms. The Balaban J connectivity index is 1.54. The van der Waals surface area contributed by atoms with Gasteiger partial charge in [-0.2, -0.15) is 5.10 Å². The van der Waals surface area contributed by atoms with Crippen LogP contribution in [0.1, 0.15) is 27.7 Å². The van der Waals surface area contributed by atoms with E-state index in [1.165, 1.54) is 23.1 Å². The van der Waals surface area contributed by atoms with Gasteiger partial charge in [-0.1, -0.05) is 30.3 Å².